The molecule has 1 fully saturated rings. The maximum absolute atomic E-state index is 12.7. The Labute approximate surface area is 161 Å². The third-order valence-electron chi connectivity index (χ3n) is 4.75. The van der Waals surface area contributed by atoms with Gasteiger partial charge in [0.25, 0.3) is 5.91 Å². The Balaban J connectivity index is 1.33. The first-order chi connectivity index (χ1) is 13.2. The summed E-state index contributed by atoms with van der Waals surface area (Å²) in [6.07, 6.45) is -0.476. The standard InChI is InChI=1S/C20H21N3O3S/c24-17(19-7-4-12-27-19)14-22-8-10-23(11-9-22)20(25)16-13-18(26-21-16)15-5-2-1-3-6-15/h1-7,12-13,17,24H,8-11,14H2/t17-/m1/s1. The fourth-order valence-corrected chi connectivity index (χ4v) is 3.93. The second-order valence-electron chi connectivity index (χ2n) is 6.57. The predicted molar refractivity (Wildman–Crippen MR) is 104 cm³/mol. The average molecular weight is 383 g/mol. The van der Waals surface area contributed by atoms with Crippen molar-refractivity contribution in [3.05, 3.63) is 64.5 Å². The number of rotatable bonds is 5. The maximum Gasteiger partial charge on any atom is 0.276 e. The SMILES string of the molecule is O=C(c1cc(-c2ccccc2)on1)N1CCN(C[C@@H](O)c2cccs2)CC1. The molecule has 0 radical (unpaired) electrons. The molecule has 3 heterocycles. The summed E-state index contributed by atoms with van der Waals surface area (Å²) in [5, 5.41) is 16.2. The summed E-state index contributed by atoms with van der Waals surface area (Å²) in [5.74, 6) is 0.482. The quantitative estimate of drug-likeness (QED) is 0.734. The van der Waals surface area contributed by atoms with Gasteiger partial charge in [-0.3, -0.25) is 9.69 Å². The van der Waals surface area contributed by atoms with Crippen LogP contribution in [0.1, 0.15) is 21.5 Å². The van der Waals surface area contributed by atoms with Crippen LogP contribution in [-0.4, -0.2) is 58.7 Å². The van der Waals surface area contributed by atoms with Gasteiger partial charge < -0.3 is 14.5 Å². The van der Waals surface area contributed by atoms with Crippen LogP contribution in [0.3, 0.4) is 0 Å². The zero-order valence-corrected chi connectivity index (χ0v) is 15.6. The molecule has 3 aromatic rings. The molecule has 1 saturated heterocycles. The van der Waals surface area contributed by atoms with Gasteiger partial charge in [-0.1, -0.05) is 41.6 Å². The monoisotopic (exact) mass is 383 g/mol. The Morgan fingerprint density at radius 2 is 1.93 bits per heavy atom. The van der Waals surface area contributed by atoms with Crippen molar-refractivity contribution < 1.29 is 14.4 Å². The Morgan fingerprint density at radius 1 is 1.15 bits per heavy atom. The van der Waals surface area contributed by atoms with Crippen molar-refractivity contribution in [2.24, 2.45) is 0 Å². The van der Waals surface area contributed by atoms with Gasteiger partial charge in [0.05, 0.1) is 0 Å². The molecule has 27 heavy (non-hydrogen) atoms. The highest BCUT2D eigenvalue weighted by Crippen LogP contribution is 2.22. The lowest BCUT2D eigenvalue weighted by molar-refractivity contribution is 0.0525. The first kappa shape index (κ1) is 17.9. The molecule has 0 bridgehead atoms. The highest BCUT2D eigenvalue weighted by atomic mass is 32.1. The number of benzene rings is 1. The molecular weight excluding hydrogens is 362 g/mol. The molecule has 1 aliphatic heterocycles. The van der Waals surface area contributed by atoms with Gasteiger partial charge in [0, 0.05) is 49.2 Å². The number of aromatic nitrogens is 1. The van der Waals surface area contributed by atoms with Gasteiger partial charge in [0.1, 0.15) is 6.10 Å². The number of piperazine rings is 1. The van der Waals surface area contributed by atoms with Crippen molar-refractivity contribution in [2.75, 3.05) is 32.7 Å². The number of thiophene rings is 1. The summed E-state index contributed by atoms with van der Waals surface area (Å²) < 4.78 is 5.34. The number of carbonyl (C=O) groups is 1. The Bertz CT molecular complexity index is 871. The van der Waals surface area contributed by atoms with Crippen LogP contribution in [0.15, 0.2) is 58.4 Å². The average Bonchev–Trinajstić information content (AvgIpc) is 3.41. The number of aliphatic hydroxyl groups excluding tert-OH is 1. The number of nitrogens with zero attached hydrogens (tertiary/aromatic N) is 3. The zero-order valence-electron chi connectivity index (χ0n) is 14.8. The van der Waals surface area contributed by atoms with Crippen LogP contribution >= 0.6 is 11.3 Å². The van der Waals surface area contributed by atoms with Gasteiger partial charge in [0.15, 0.2) is 11.5 Å². The molecule has 4 rings (SSSR count). The second-order valence-corrected chi connectivity index (χ2v) is 7.55. The molecule has 1 aromatic carbocycles. The minimum atomic E-state index is -0.476. The van der Waals surface area contributed by atoms with E-state index in [0.29, 0.717) is 31.1 Å². The smallest absolute Gasteiger partial charge is 0.276 e. The summed E-state index contributed by atoms with van der Waals surface area (Å²) in [5.41, 5.74) is 1.23. The molecule has 0 unspecified atom stereocenters. The fraction of sp³-hybridized carbons (Fsp3) is 0.300. The third kappa shape index (κ3) is 4.10. The molecule has 140 valence electrons. The van der Waals surface area contributed by atoms with Gasteiger partial charge in [0.2, 0.25) is 0 Å². The maximum atomic E-state index is 12.7. The van der Waals surface area contributed by atoms with Crippen LogP contribution in [0, 0.1) is 0 Å². The van der Waals surface area contributed by atoms with E-state index in [2.05, 4.69) is 10.1 Å². The molecule has 2 aromatic heterocycles. The van der Waals surface area contributed by atoms with Gasteiger partial charge in [-0.15, -0.1) is 11.3 Å². The van der Waals surface area contributed by atoms with Crippen LogP contribution < -0.4 is 0 Å². The van der Waals surface area contributed by atoms with E-state index >= 15 is 0 Å². The van der Waals surface area contributed by atoms with Crippen LogP contribution in [0.2, 0.25) is 0 Å². The van der Waals surface area contributed by atoms with E-state index in [1.54, 1.807) is 22.3 Å². The largest absolute Gasteiger partial charge is 0.386 e. The van der Waals surface area contributed by atoms with E-state index in [9.17, 15) is 9.90 Å². The lowest BCUT2D eigenvalue weighted by Crippen LogP contribution is -2.49. The first-order valence-corrected chi connectivity index (χ1v) is 9.84. The lowest BCUT2D eigenvalue weighted by atomic mass is 10.1. The molecule has 0 aliphatic carbocycles. The van der Waals surface area contributed by atoms with Crippen molar-refractivity contribution in [1.29, 1.82) is 0 Å². The van der Waals surface area contributed by atoms with E-state index in [-0.39, 0.29) is 5.91 Å². The molecule has 6 nitrogen and oxygen atoms in total. The topological polar surface area (TPSA) is 69.8 Å². The highest BCUT2D eigenvalue weighted by molar-refractivity contribution is 7.10. The number of β-amino-alcohol motifs (C(OH)–C–C–N with tert-alkyl or cyclic N) is 1. The highest BCUT2D eigenvalue weighted by Gasteiger charge is 2.26. The van der Waals surface area contributed by atoms with Gasteiger partial charge in [-0.25, -0.2) is 0 Å². The van der Waals surface area contributed by atoms with E-state index in [0.717, 1.165) is 23.5 Å². The second kappa shape index (κ2) is 8.04. The molecule has 7 heteroatoms. The normalized spacial score (nSPS) is 16.4. The number of amides is 1. The van der Waals surface area contributed by atoms with Crippen molar-refractivity contribution in [3.8, 4) is 11.3 Å². The number of hydrogen-bond acceptors (Lipinski definition) is 6. The van der Waals surface area contributed by atoms with Crippen LogP contribution in [-0.2, 0) is 0 Å². The summed E-state index contributed by atoms with van der Waals surface area (Å²) in [6, 6.07) is 15.2. The molecule has 1 atom stereocenters. The lowest BCUT2D eigenvalue weighted by Gasteiger charge is -2.35. The molecular formula is C20H21N3O3S. The Kier molecular flexibility index (Phi) is 5.33. The molecule has 0 saturated carbocycles. The van der Waals surface area contributed by atoms with E-state index in [1.807, 2.05) is 47.8 Å². The van der Waals surface area contributed by atoms with E-state index in [1.165, 1.54) is 0 Å². The predicted octanol–water partition coefficient (Wildman–Crippen LogP) is 2.89. The van der Waals surface area contributed by atoms with Crippen molar-refractivity contribution in [1.82, 2.24) is 15.0 Å². The molecule has 1 N–H and O–H groups in total. The summed E-state index contributed by atoms with van der Waals surface area (Å²) in [7, 11) is 0. The summed E-state index contributed by atoms with van der Waals surface area (Å²) in [4.78, 5) is 17.7. The Morgan fingerprint density at radius 3 is 2.63 bits per heavy atom. The minimum Gasteiger partial charge on any atom is -0.386 e. The van der Waals surface area contributed by atoms with E-state index in [4.69, 9.17) is 4.52 Å². The molecule has 0 spiro atoms. The minimum absolute atomic E-state index is 0.112. The van der Waals surface area contributed by atoms with Crippen LogP contribution in [0.25, 0.3) is 11.3 Å². The van der Waals surface area contributed by atoms with Gasteiger partial charge in [-0.05, 0) is 11.4 Å². The zero-order chi connectivity index (χ0) is 18.6. The van der Waals surface area contributed by atoms with E-state index < -0.39 is 6.10 Å². The van der Waals surface area contributed by atoms with Crippen LogP contribution in [0.4, 0.5) is 0 Å². The van der Waals surface area contributed by atoms with Crippen molar-refractivity contribution in [3.63, 3.8) is 0 Å². The fourth-order valence-electron chi connectivity index (χ4n) is 3.23. The van der Waals surface area contributed by atoms with Crippen molar-refractivity contribution in [2.45, 2.75) is 6.10 Å². The number of hydrogen-bond donors (Lipinski definition) is 1. The molecule has 1 amide bonds. The summed E-state index contributed by atoms with van der Waals surface area (Å²) >= 11 is 1.56. The Hall–Kier alpha value is -2.48. The first-order valence-electron chi connectivity index (χ1n) is 8.96. The number of carbonyl (C=O) groups excluding carboxylic acids is 1. The number of aliphatic hydroxyl groups is 1. The summed E-state index contributed by atoms with van der Waals surface area (Å²) in [6.45, 7) is 3.28. The van der Waals surface area contributed by atoms with Gasteiger partial charge in [-0.2, -0.15) is 0 Å². The third-order valence-corrected chi connectivity index (χ3v) is 5.72. The molecule has 1 aliphatic rings. The van der Waals surface area contributed by atoms with Crippen molar-refractivity contribution >= 4 is 17.2 Å². The van der Waals surface area contributed by atoms with Gasteiger partial charge >= 0.3 is 0 Å². The van der Waals surface area contributed by atoms with Crippen LogP contribution in [0.5, 0.6) is 0 Å².